The fourth-order valence-electron chi connectivity index (χ4n) is 0.824. The van der Waals surface area contributed by atoms with E-state index in [4.69, 9.17) is 0 Å². The summed E-state index contributed by atoms with van der Waals surface area (Å²) in [7, 11) is 0. The van der Waals surface area contributed by atoms with Crippen LogP contribution < -0.4 is 0 Å². The molecule has 0 amide bonds. The van der Waals surface area contributed by atoms with Crippen molar-refractivity contribution in [2.75, 3.05) is 0 Å². The third-order valence-electron chi connectivity index (χ3n) is 1.47. The number of aromatic nitrogens is 2. The predicted molar refractivity (Wildman–Crippen MR) is 29.4 cm³/mol. The first-order valence-corrected chi connectivity index (χ1v) is 2.88. The molecule has 0 unspecified atom stereocenters. The second-order valence-electron chi connectivity index (χ2n) is 2.21. The van der Waals surface area contributed by atoms with Gasteiger partial charge in [0.2, 0.25) is 0 Å². The zero-order valence-electron chi connectivity index (χ0n) is 4.52. The van der Waals surface area contributed by atoms with Gasteiger partial charge in [0.25, 0.3) is 0 Å². The third kappa shape index (κ3) is 0.529. The normalized spacial score (nSPS) is 19.0. The Morgan fingerprint density at radius 2 is 2.62 bits per heavy atom. The molecular formula is C6H7N2. The molecule has 2 rings (SSSR count). The van der Waals surface area contributed by atoms with E-state index in [0.29, 0.717) is 0 Å². The van der Waals surface area contributed by atoms with Crippen LogP contribution in [0.1, 0.15) is 24.5 Å². The molecular weight excluding hydrogens is 100 g/mol. The standard InChI is InChI=1S/C6H7N2/c1-2-5(1)6-3-4-7-8-6/h3,5H,1-2H2,(H,7,8). The Kier molecular flexibility index (Phi) is 0.692. The first kappa shape index (κ1) is 4.13. The highest BCUT2D eigenvalue weighted by Gasteiger charge is 2.24. The van der Waals surface area contributed by atoms with Gasteiger partial charge in [0.15, 0.2) is 0 Å². The molecule has 0 bridgehead atoms. The summed E-state index contributed by atoms with van der Waals surface area (Å²) >= 11 is 0. The topological polar surface area (TPSA) is 28.7 Å². The number of rotatable bonds is 1. The molecule has 1 aliphatic carbocycles. The zero-order chi connectivity index (χ0) is 5.40. The van der Waals surface area contributed by atoms with Crippen LogP contribution in [-0.4, -0.2) is 10.2 Å². The molecule has 0 atom stereocenters. The SMILES string of the molecule is [c]1cc(C2CC2)n[nH]1. The summed E-state index contributed by atoms with van der Waals surface area (Å²) in [6, 6.07) is 1.93. The maximum atomic E-state index is 4.00. The molecule has 41 valence electrons. The van der Waals surface area contributed by atoms with E-state index in [2.05, 4.69) is 16.4 Å². The van der Waals surface area contributed by atoms with Crippen LogP contribution in [0.25, 0.3) is 0 Å². The van der Waals surface area contributed by atoms with Gasteiger partial charge < -0.3 is 0 Å². The number of nitrogens with one attached hydrogen (secondary N) is 1. The van der Waals surface area contributed by atoms with E-state index >= 15 is 0 Å². The molecule has 0 spiro atoms. The molecule has 0 saturated heterocycles. The molecule has 0 aliphatic heterocycles. The number of nitrogens with zero attached hydrogens (tertiary/aromatic N) is 1. The highest BCUT2D eigenvalue weighted by Crippen LogP contribution is 2.38. The maximum Gasteiger partial charge on any atom is 0.0831 e. The lowest BCUT2D eigenvalue weighted by Gasteiger charge is -1.80. The zero-order valence-corrected chi connectivity index (χ0v) is 4.52. The van der Waals surface area contributed by atoms with Crippen LogP contribution >= 0.6 is 0 Å². The van der Waals surface area contributed by atoms with Crippen LogP contribution in [0.3, 0.4) is 0 Å². The Morgan fingerprint density at radius 1 is 1.75 bits per heavy atom. The highest BCUT2D eigenvalue weighted by atomic mass is 15.1. The van der Waals surface area contributed by atoms with Crippen LogP contribution in [-0.2, 0) is 0 Å². The number of H-pyrrole nitrogens is 1. The van der Waals surface area contributed by atoms with Crippen LogP contribution in [0.5, 0.6) is 0 Å². The smallest absolute Gasteiger partial charge is 0.0831 e. The summed E-state index contributed by atoms with van der Waals surface area (Å²) < 4.78 is 0. The maximum absolute atomic E-state index is 4.00. The van der Waals surface area contributed by atoms with Crippen LogP contribution in [0.2, 0.25) is 0 Å². The van der Waals surface area contributed by atoms with Gasteiger partial charge in [-0.2, -0.15) is 5.10 Å². The van der Waals surface area contributed by atoms with E-state index < -0.39 is 0 Å². The van der Waals surface area contributed by atoms with E-state index in [1.807, 2.05) is 6.07 Å². The summed E-state index contributed by atoms with van der Waals surface area (Å²) in [6.07, 6.45) is 5.45. The fraction of sp³-hybridized carbons (Fsp3) is 0.500. The minimum atomic E-state index is 0.762. The minimum absolute atomic E-state index is 0.762. The Morgan fingerprint density at radius 3 is 3.12 bits per heavy atom. The molecule has 1 N–H and O–H groups in total. The quantitative estimate of drug-likeness (QED) is 0.571. The van der Waals surface area contributed by atoms with Crippen LogP contribution in [0.15, 0.2) is 6.07 Å². The van der Waals surface area contributed by atoms with Gasteiger partial charge in [-0.05, 0) is 18.9 Å². The van der Waals surface area contributed by atoms with Gasteiger partial charge in [-0.15, -0.1) is 0 Å². The van der Waals surface area contributed by atoms with Gasteiger partial charge in [0.1, 0.15) is 0 Å². The molecule has 1 heterocycles. The van der Waals surface area contributed by atoms with E-state index in [1.165, 1.54) is 18.5 Å². The number of aromatic amines is 1. The molecule has 1 fully saturated rings. The van der Waals surface area contributed by atoms with Crippen molar-refractivity contribution in [3.05, 3.63) is 18.0 Å². The largest absolute Gasteiger partial charge is 0.276 e. The molecule has 1 radical (unpaired) electrons. The lowest BCUT2D eigenvalue weighted by atomic mass is 10.3. The van der Waals surface area contributed by atoms with Crippen LogP contribution in [0, 0.1) is 6.20 Å². The average molecular weight is 107 g/mol. The fourth-order valence-corrected chi connectivity index (χ4v) is 0.824. The second kappa shape index (κ2) is 1.34. The third-order valence-corrected chi connectivity index (χ3v) is 1.47. The predicted octanol–water partition coefficient (Wildman–Crippen LogP) is 1.09. The molecule has 1 aromatic heterocycles. The van der Waals surface area contributed by atoms with Gasteiger partial charge in [0, 0.05) is 5.92 Å². The van der Waals surface area contributed by atoms with Crippen molar-refractivity contribution in [1.29, 1.82) is 0 Å². The molecule has 1 aromatic rings. The van der Waals surface area contributed by atoms with E-state index in [0.717, 1.165) is 5.92 Å². The van der Waals surface area contributed by atoms with Crippen molar-refractivity contribution in [2.24, 2.45) is 0 Å². The van der Waals surface area contributed by atoms with Gasteiger partial charge in [-0.3, -0.25) is 5.10 Å². The number of hydrogen-bond acceptors (Lipinski definition) is 1. The highest BCUT2D eigenvalue weighted by molar-refractivity contribution is 5.10. The molecule has 0 aromatic carbocycles. The summed E-state index contributed by atoms with van der Waals surface area (Å²) in [5, 5.41) is 6.67. The van der Waals surface area contributed by atoms with Gasteiger partial charge in [-0.25, -0.2) is 0 Å². The summed E-state index contributed by atoms with van der Waals surface area (Å²) in [5.74, 6) is 0.762. The monoisotopic (exact) mass is 107 g/mol. The van der Waals surface area contributed by atoms with E-state index in [-0.39, 0.29) is 0 Å². The van der Waals surface area contributed by atoms with E-state index in [1.54, 1.807) is 0 Å². The van der Waals surface area contributed by atoms with Crippen LogP contribution in [0.4, 0.5) is 0 Å². The Balaban J connectivity index is 2.28. The van der Waals surface area contributed by atoms with Crippen molar-refractivity contribution in [1.82, 2.24) is 10.2 Å². The second-order valence-corrected chi connectivity index (χ2v) is 2.21. The van der Waals surface area contributed by atoms with Crippen molar-refractivity contribution < 1.29 is 0 Å². The Labute approximate surface area is 47.9 Å². The van der Waals surface area contributed by atoms with Gasteiger partial charge >= 0.3 is 0 Å². The summed E-state index contributed by atoms with van der Waals surface area (Å²) in [6.45, 7) is 0. The van der Waals surface area contributed by atoms with Crippen molar-refractivity contribution >= 4 is 0 Å². The van der Waals surface area contributed by atoms with Gasteiger partial charge in [-0.1, -0.05) is 0 Å². The lowest BCUT2D eigenvalue weighted by molar-refractivity contribution is 0.963. The Hall–Kier alpha value is -0.790. The summed E-state index contributed by atoms with van der Waals surface area (Å²) in [5.41, 5.74) is 1.19. The molecule has 1 aliphatic rings. The van der Waals surface area contributed by atoms with Crippen molar-refractivity contribution in [3.63, 3.8) is 0 Å². The lowest BCUT2D eigenvalue weighted by Crippen LogP contribution is -1.75. The molecule has 2 heteroatoms. The van der Waals surface area contributed by atoms with Crippen molar-refractivity contribution in [3.8, 4) is 0 Å². The van der Waals surface area contributed by atoms with E-state index in [9.17, 15) is 0 Å². The molecule has 2 nitrogen and oxygen atoms in total. The first-order chi connectivity index (χ1) is 3.97. The molecule has 8 heavy (non-hydrogen) atoms. The minimum Gasteiger partial charge on any atom is -0.276 e. The van der Waals surface area contributed by atoms with Crippen molar-refractivity contribution in [2.45, 2.75) is 18.8 Å². The summed E-state index contributed by atoms with van der Waals surface area (Å²) in [4.78, 5) is 0. The first-order valence-electron chi connectivity index (χ1n) is 2.88. The average Bonchev–Trinajstić information content (AvgIpc) is 2.49. The van der Waals surface area contributed by atoms with Gasteiger partial charge in [0.05, 0.1) is 11.9 Å². The number of hydrogen-bond donors (Lipinski definition) is 1. The Bertz CT molecular complexity index is 163. The molecule has 1 saturated carbocycles.